The molecule has 1 saturated carbocycles. The Kier molecular flexibility index (Phi) is 10.8. The molecule has 0 bridgehead atoms. The van der Waals surface area contributed by atoms with Gasteiger partial charge in [0.1, 0.15) is 11.9 Å². The van der Waals surface area contributed by atoms with E-state index in [9.17, 15) is 31.2 Å². The van der Waals surface area contributed by atoms with E-state index in [1.807, 2.05) is 6.92 Å². The molecule has 0 spiro atoms. The Bertz CT molecular complexity index is 1240. The number of benzene rings is 2. The lowest BCUT2D eigenvalue weighted by Gasteiger charge is -2.33. The molecule has 2 aromatic rings. The maximum Gasteiger partial charge on any atom is 0.243 e. The van der Waals surface area contributed by atoms with Crippen LogP contribution in [0, 0.1) is 17.5 Å². The summed E-state index contributed by atoms with van der Waals surface area (Å²) in [4.78, 5) is 28.2. The number of sulfonamides is 1. The number of amides is 2. The van der Waals surface area contributed by atoms with Gasteiger partial charge in [-0.1, -0.05) is 38.3 Å². The highest BCUT2D eigenvalue weighted by Crippen LogP contribution is 2.23. The fraction of sp³-hybridized carbons (Fsp3) is 0.500. The number of hydrogen-bond donors (Lipinski definition) is 1. The minimum Gasteiger partial charge on any atom is -0.352 e. The molecule has 11 heteroatoms. The zero-order valence-electron chi connectivity index (χ0n) is 22.3. The van der Waals surface area contributed by atoms with Gasteiger partial charge >= 0.3 is 0 Å². The van der Waals surface area contributed by atoms with Crippen molar-refractivity contribution in [2.45, 2.75) is 76.9 Å². The molecule has 0 heterocycles. The Morgan fingerprint density at radius 3 is 2.26 bits per heavy atom. The molecular weight excluding hydrogens is 531 g/mol. The van der Waals surface area contributed by atoms with Crippen molar-refractivity contribution in [2.24, 2.45) is 0 Å². The van der Waals surface area contributed by atoms with E-state index in [0.29, 0.717) is 12.0 Å². The van der Waals surface area contributed by atoms with E-state index in [1.165, 1.54) is 17.0 Å². The van der Waals surface area contributed by atoms with Crippen LogP contribution in [0.5, 0.6) is 0 Å². The van der Waals surface area contributed by atoms with Gasteiger partial charge in [-0.3, -0.25) is 13.9 Å². The number of anilines is 1. The molecule has 7 nitrogen and oxygen atoms in total. The molecule has 214 valence electrons. The number of rotatable bonds is 12. The second-order valence-corrected chi connectivity index (χ2v) is 11.9. The quantitative estimate of drug-likeness (QED) is 0.395. The average molecular weight is 568 g/mol. The van der Waals surface area contributed by atoms with Gasteiger partial charge < -0.3 is 10.2 Å². The maximum absolute atomic E-state index is 13.8. The van der Waals surface area contributed by atoms with E-state index in [1.54, 1.807) is 12.1 Å². The topological polar surface area (TPSA) is 86.8 Å². The van der Waals surface area contributed by atoms with Gasteiger partial charge in [-0.25, -0.2) is 21.6 Å². The first kappa shape index (κ1) is 30.5. The van der Waals surface area contributed by atoms with E-state index in [4.69, 9.17) is 0 Å². The van der Waals surface area contributed by atoms with Crippen molar-refractivity contribution >= 4 is 27.5 Å². The Labute approximate surface area is 228 Å². The summed E-state index contributed by atoms with van der Waals surface area (Å²) in [6, 6.07) is 7.76. The first-order valence-corrected chi connectivity index (χ1v) is 15.1. The molecule has 3 rings (SSSR count). The average Bonchev–Trinajstić information content (AvgIpc) is 2.89. The molecule has 1 N–H and O–H groups in total. The summed E-state index contributed by atoms with van der Waals surface area (Å²) in [5.41, 5.74) is 0.596. The second-order valence-electron chi connectivity index (χ2n) is 9.95. The van der Waals surface area contributed by atoms with Crippen LogP contribution in [-0.4, -0.2) is 50.0 Å². The monoisotopic (exact) mass is 567 g/mol. The lowest BCUT2D eigenvalue weighted by molar-refractivity contribution is -0.141. The lowest BCUT2D eigenvalue weighted by atomic mass is 9.95. The van der Waals surface area contributed by atoms with Crippen LogP contribution in [0.2, 0.25) is 0 Å². The number of halogens is 3. The summed E-state index contributed by atoms with van der Waals surface area (Å²) in [5.74, 6) is -3.33. The number of hydrogen-bond acceptors (Lipinski definition) is 4. The second kappa shape index (κ2) is 13.8. The van der Waals surface area contributed by atoms with Gasteiger partial charge in [0.15, 0.2) is 11.6 Å². The first-order valence-electron chi connectivity index (χ1n) is 13.3. The first-order chi connectivity index (χ1) is 18.5. The fourth-order valence-electron chi connectivity index (χ4n) is 4.89. The largest absolute Gasteiger partial charge is 0.352 e. The zero-order chi connectivity index (χ0) is 28.6. The molecule has 0 aliphatic heterocycles. The van der Waals surface area contributed by atoms with Crippen molar-refractivity contribution in [3.63, 3.8) is 0 Å². The highest BCUT2D eigenvalue weighted by atomic mass is 32.2. The van der Waals surface area contributed by atoms with Gasteiger partial charge in [0.2, 0.25) is 21.8 Å². The summed E-state index contributed by atoms with van der Waals surface area (Å²) >= 11 is 0. The molecule has 1 aliphatic rings. The van der Waals surface area contributed by atoms with Crippen LogP contribution < -0.4 is 9.62 Å². The maximum atomic E-state index is 13.8. The highest BCUT2D eigenvalue weighted by Gasteiger charge is 2.30. The molecule has 1 fully saturated rings. The summed E-state index contributed by atoms with van der Waals surface area (Å²) < 4.78 is 66.3. The third-order valence-corrected chi connectivity index (χ3v) is 8.14. The molecule has 39 heavy (non-hydrogen) atoms. The van der Waals surface area contributed by atoms with Crippen molar-refractivity contribution in [1.29, 1.82) is 0 Å². The van der Waals surface area contributed by atoms with Crippen molar-refractivity contribution in [3.8, 4) is 0 Å². The van der Waals surface area contributed by atoms with Crippen molar-refractivity contribution in [2.75, 3.05) is 17.1 Å². The SMILES string of the molecule is CCC(C(=O)NC1CCCCC1)N(Cc1ccc(F)cc1)C(=O)CCCN(c1ccc(F)c(F)c1)S(C)(=O)=O. The van der Waals surface area contributed by atoms with Crippen LogP contribution in [0.15, 0.2) is 42.5 Å². The Balaban J connectivity index is 1.76. The number of carbonyl (C=O) groups excluding carboxylic acids is 2. The fourth-order valence-corrected chi connectivity index (χ4v) is 5.85. The Morgan fingerprint density at radius 1 is 1.00 bits per heavy atom. The summed E-state index contributed by atoms with van der Waals surface area (Å²) in [6.45, 7) is 1.74. The Morgan fingerprint density at radius 2 is 1.67 bits per heavy atom. The summed E-state index contributed by atoms with van der Waals surface area (Å²) in [6.07, 6.45) is 6.27. The molecule has 1 aliphatic carbocycles. The van der Waals surface area contributed by atoms with E-state index in [-0.39, 0.29) is 49.5 Å². The van der Waals surface area contributed by atoms with E-state index < -0.39 is 33.5 Å². The number of nitrogens with zero attached hydrogens (tertiary/aromatic N) is 2. The third kappa shape index (κ3) is 8.71. The molecule has 0 radical (unpaired) electrons. The standard InChI is InChI=1S/C28H36F3N3O4S/c1-3-26(28(36)32-22-8-5-4-6-9-22)33(19-20-11-13-21(29)14-12-20)27(35)10-7-17-34(39(2,37)38)23-15-16-24(30)25(31)18-23/h11-16,18,22,26H,3-10,17,19H2,1-2H3,(H,32,36). The predicted octanol–water partition coefficient (Wildman–Crippen LogP) is 4.91. The predicted molar refractivity (Wildman–Crippen MR) is 144 cm³/mol. The summed E-state index contributed by atoms with van der Waals surface area (Å²) in [7, 11) is -3.85. The van der Waals surface area contributed by atoms with Gasteiger partial charge in [-0.05, 0) is 55.5 Å². The van der Waals surface area contributed by atoms with Crippen LogP contribution >= 0.6 is 0 Å². The number of carbonyl (C=O) groups is 2. The molecular formula is C28H36F3N3O4S. The molecule has 2 amide bonds. The van der Waals surface area contributed by atoms with Crippen molar-refractivity contribution in [3.05, 3.63) is 65.5 Å². The smallest absolute Gasteiger partial charge is 0.243 e. The Hall–Kier alpha value is -3.08. The molecule has 2 aromatic carbocycles. The van der Waals surface area contributed by atoms with Gasteiger partial charge in [-0.2, -0.15) is 0 Å². The molecule has 0 saturated heterocycles. The minimum absolute atomic E-state index is 0.0506. The molecule has 1 unspecified atom stereocenters. The van der Waals surface area contributed by atoms with Crippen molar-refractivity contribution in [1.82, 2.24) is 10.2 Å². The van der Waals surface area contributed by atoms with E-state index in [0.717, 1.165) is 60.9 Å². The van der Waals surface area contributed by atoms with Crippen LogP contribution in [0.3, 0.4) is 0 Å². The van der Waals surface area contributed by atoms with Gasteiger partial charge in [-0.15, -0.1) is 0 Å². The van der Waals surface area contributed by atoms with Crippen LogP contribution in [0.1, 0.15) is 63.9 Å². The van der Waals surface area contributed by atoms with E-state index in [2.05, 4.69) is 5.32 Å². The molecule has 1 atom stereocenters. The summed E-state index contributed by atoms with van der Waals surface area (Å²) in [5, 5.41) is 3.08. The normalized spacial score (nSPS) is 15.0. The van der Waals surface area contributed by atoms with Crippen LogP contribution in [0.4, 0.5) is 18.9 Å². The van der Waals surface area contributed by atoms with Gasteiger partial charge in [0.25, 0.3) is 0 Å². The van der Waals surface area contributed by atoms with E-state index >= 15 is 0 Å². The van der Waals surface area contributed by atoms with Crippen LogP contribution in [-0.2, 0) is 26.2 Å². The lowest BCUT2D eigenvalue weighted by Crippen LogP contribution is -2.51. The molecule has 0 aromatic heterocycles. The van der Waals surface area contributed by atoms with Crippen LogP contribution in [0.25, 0.3) is 0 Å². The highest BCUT2D eigenvalue weighted by molar-refractivity contribution is 7.92. The number of nitrogens with one attached hydrogen (secondary N) is 1. The van der Waals surface area contributed by atoms with Crippen molar-refractivity contribution < 1.29 is 31.2 Å². The van der Waals surface area contributed by atoms with Gasteiger partial charge in [0, 0.05) is 31.6 Å². The minimum atomic E-state index is -3.85. The van der Waals surface area contributed by atoms with Gasteiger partial charge in [0.05, 0.1) is 11.9 Å². The zero-order valence-corrected chi connectivity index (χ0v) is 23.2. The third-order valence-electron chi connectivity index (χ3n) is 6.95.